The highest BCUT2D eigenvalue weighted by molar-refractivity contribution is 14.1. The zero-order valence-corrected chi connectivity index (χ0v) is 16.0. The Morgan fingerprint density at radius 1 is 1.21 bits per heavy atom. The van der Waals surface area contributed by atoms with Crippen molar-refractivity contribution in [2.45, 2.75) is 6.92 Å². The minimum Gasteiger partial charge on any atom is -0.482 e. The van der Waals surface area contributed by atoms with Crippen molar-refractivity contribution >= 4 is 51.8 Å². The number of anilines is 1. The maximum atomic E-state index is 12.4. The Hall–Kier alpha value is -1.80. The van der Waals surface area contributed by atoms with E-state index in [0.717, 1.165) is 9.13 Å². The topological polar surface area (TPSA) is 64.6 Å². The summed E-state index contributed by atoms with van der Waals surface area (Å²) in [7, 11) is 1.30. The molecule has 0 radical (unpaired) electrons. The number of halogens is 2. The fourth-order valence-electron chi connectivity index (χ4n) is 1.93. The van der Waals surface area contributed by atoms with E-state index >= 15 is 0 Å². The molecule has 2 aromatic rings. The summed E-state index contributed by atoms with van der Waals surface area (Å²) in [6.07, 6.45) is 0. The lowest BCUT2D eigenvalue weighted by molar-refractivity contribution is -0.142. The van der Waals surface area contributed by atoms with Crippen LogP contribution < -0.4 is 10.1 Å². The van der Waals surface area contributed by atoms with Crippen molar-refractivity contribution in [1.29, 1.82) is 0 Å². The maximum Gasteiger partial charge on any atom is 0.343 e. The van der Waals surface area contributed by atoms with Crippen LogP contribution in [0.2, 0.25) is 5.02 Å². The second-order valence-corrected chi connectivity index (χ2v) is 6.52. The lowest BCUT2D eigenvalue weighted by Gasteiger charge is -2.12. The molecule has 0 saturated carbocycles. The number of methoxy groups -OCH3 is 1. The van der Waals surface area contributed by atoms with Crippen LogP contribution in [0.15, 0.2) is 36.4 Å². The number of aryl methyl sites for hydroxylation is 1. The van der Waals surface area contributed by atoms with E-state index in [0.29, 0.717) is 22.0 Å². The first-order valence-electron chi connectivity index (χ1n) is 6.97. The summed E-state index contributed by atoms with van der Waals surface area (Å²) in [5, 5.41) is 3.44. The molecule has 0 fully saturated rings. The average molecular weight is 460 g/mol. The van der Waals surface area contributed by atoms with Crippen LogP contribution in [-0.2, 0) is 9.53 Å². The van der Waals surface area contributed by atoms with E-state index in [2.05, 4.69) is 32.6 Å². The molecule has 0 bridgehead atoms. The molecule has 0 aliphatic rings. The Morgan fingerprint density at radius 2 is 1.96 bits per heavy atom. The number of rotatable bonds is 5. The number of ether oxygens (including phenoxy) is 2. The molecule has 0 atom stereocenters. The van der Waals surface area contributed by atoms with E-state index in [1.807, 2.05) is 6.92 Å². The van der Waals surface area contributed by atoms with Crippen molar-refractivity contribution in [3.8, 4) is 5.75 Å². The van der Waals surface area contributed by atoms with Gasteiger partial charge in [0.05, 0.1) is 12.7 Å². The Kier molecular flexibility index (Phi) is 6.44. The standard InChI is InChI=1S/C17H15ClINO4/c1-10-7-12(24-9-16(21)23-2)4-6-15(10)20-17(22)13-5-3-11(18)8-14(13)19/h3-8H,9H2,1-2H3,(H,20,22). The summed E-state index contributed by atoms with van der Waals surface area (Å²) in [4.78, 5) is 23.5. The van der Waals surface area contributed by atoms with Crippen molar-refractivity contribution in [1.82, 2.24) is 0 Å². The van der Waals surface area contributed by atoms with Gasteiger partial charge in [0, 0.05) is 14.3 Å². The number of carbonyl (C=O) groups is 2. The first kappa shape index (κ1) is 18.5. The normalized spacial score (nSPS) is 10.2. The highest BCUT2D eigenvalue weighted by atomic mass is 127. The van der Waals surface area contributed by atoms with Crippen molar-refractivity contribution in [3.05, 3.63) is 56.1 Å². The zero-order valence-electron chi connectivity index (χ0n) is 13.1. The average Bonchev–Trinajstić information content (AvgIpc) is 2.54. The quantitative estimate of drug-likeness (QED) is 0.541. The molecule has 0 aromatic heterocycles. The molecule has 24 heavy (non-hydrogen) atoms. The lowest BCUT2D eigenvalue weighted by atomic mass is 10.1. The summed E-state index contributed by atoms with van der Waals surface area (Å²) in [6, 6.07) is 10.2. The minimum absolute atomic E-state index is 0.162. The molecule has 7 heteroatoms. The Morgan fingerprint density at radius 3 is 2.58 bits per heavy atom. The van der Waals surface area contributed by atoms with Gasteiger partial charge in [-0.1, -0.05) is 11.6 Å². The van der Waals surface area contributed by atoms with Gasteiger partial charge in [-0.15, -0.1) is 0 Å². The number of esters is 1. The second-order valence-electron chi connectivity index (χ2n) is 4.92. The predicted octanol–water partition coefficient (Wildman–Crippen LogP) is 4.06. The first-order chi connectivity index (χ1) is 11.4. The van der Waals surface area contributed by atoms with Gasteiger partial charge >= 0.3 is 5.97 Å². The molecular formula is C17H15ClINO4. The van der Waals surface area contributed by atoms with E-state index in [1.54, 1.807) is 36.4 Å². The van der Waals surface area contributed by atoms with Crippen LogP contribution in [0.3, 0.4) is 0 Å². The number of hydrogen-bond donors (Lipinski definition) is 1. The van der Waals surface area contributed by atoms with Gasteiger partial charge in [0.15, 0.2) is 6.61 Å². The molecule has 0 saturated heterocycles. The van der Waals surface area contributed by atoms with Crippen LogP contribution >= 0.6 is 34.2 Å². The predicted molar refractivity (Wildman–Crippen MR) is 101 cm³/mol. The van der Waals surface area contributed by atoms with Gasteiger partial charge in [0.25, 0.3) is 5.91 Å². The SMILES string of the molecule is COC(=O)COc1ccc(NC(=O)c2ccc(Cl)cc2I)c(C)c1. The third kappa shape index (κ3) is 4.85. The smallest absolute Gasteiger partial charge is 0.343 e. The molecule has 2 aromatic carbocycles. The van der Waals surface area contributed by atoms with Gasteiger partial charge in [-0.05, 0) is 71.5 Å². The van der Waals surface area contributed by atoms with Gasteiger partial charge in [0.1, 0.15) is 5.75 Å². The molecule has 1 amide bonds. The Labute approximate surface area is 158 Å². The fourth-order valence-corrected chi connectivity index (χ4v) is 3.05. The third-order valence-electron chi connectivity index (χ3n) is 3.21. The van der Waals surface area contributed by atoms with Crippen LogP contribution in [0.5, 0.6) is 5.75 Å². The van der Waals surface area contributed by atoms with E-state index in [9.17, 15) is 9.59 Å². The van der Waals surface area contributed by atoms with Crippen LogP contribution in [0.1, 0.15) is 15.9 Å². The van der Waals surface area contributed by atoms with Gasteiger partial charge in [-0.3, -0.25) is 4.79 Å². The number of nitrogens with one attached hydrogen (secondary N) is 1. The maximum absolute atomic E-state index is 12.4. The monoisotopic (exact) mass is 459 g/mol. The van der Waals surface area contributed by atoms with Crippen molar-refractivity contribution in [2.24, 2.45) is 0 Å². The second kappa shape index (κ2) is 8.34. The lowest BCUT2D eigenvalue weighted by Crippen LogP contribution is -2.15. The van der Waals surface area contributed by atoms with Gasteiger partial charge in [-0.2, -0.15) is 0 Å². The molecule has 1 N–H and O–H groups in total. The molecule has 0 aliphatic carbocycles. The van der Waals surface area contributed by atoms with Crippen LogP contribution in [0.25, 0.3) is 0 Å². The number of benzene rings is 2. The first-order valence-corrected chi connectivity index (χ1v) is 8.43. The summed E-state index contributed by atoms with van der Waals surface area (Å²) in [5.74, 6) is -0.151. The third-order valence-corrected chi connectivity index (χ3v) is 4.33. The van der Waals surface area contributed by atoms with Crippen LogP contribution in [0.4, 0.5) is 5.69 Å². The van der Waals surface area contributed by atoms with E-state index in [1.165, 1.54) is 7.11 Å². The number of carbonyl (C=O) groups excluding carboxylic acids is 2. The van der Waals surface area contributed by atoms with E-state index in [4.69, 9.17) is 16.3 Å². The van der Waals surface area contributed by atoms with Crippen molar-refractivity contribution in [3.63, 3.8) is 0 Å². The molecule has 0 spiro atoms. The Balaban J connectivity index is 2.09. The molecular weight excluding hydrogens is 445 g/mol. The summed E-state index contributed by atoms with van der Waals surface area (Å²) in [5.41, 5.74) is 2.02. The highest BCUT2D eigenvalue weighted by Crippen LogP contribution is 2.24. The van der Waals surface area contributed by atoms with E-state index < -0.39 is 5.97 Å². The summed E-state index contributed by atoms with van der Waals surface area (Å²) in [6.45, 7) is 1.68. The molecule has 5 nitrogen and oxygen atoms in total. The van der Waals surface area contributed by atoms with Crippen molar-refractivity contribution < 1.29 is 19.1 Å². The van der Waals surface area contributed by atoms with Gasteiger partial charge in [-0.25, -0.2) is 4.79 Å². The summed E-state index contributed by atoms with van der Waals surface area (Å²) >= 11 is 7.97. The van der Waals surface area contributed by atoms with Gasteiger partial charge < -0.3 is 14.8 Å². The van der Waals surface area contributed by atoms with Crippen LogP contribution in [-0.4, -0.2) is 25.6 Å². The van der Waals surface area contributed by atoms with Crippen molar-refractivity contribution in [2.75, 3.05) is 19.0 Å². The molecule has 2 rings (SSSR count). The molecule has 0 heterocycles. The van der Waals surface area contributed by atoms with Crippen LogP contribution in [0, 0.1) is 10.5 Å². The van der Waals surface area contributed by atoms with Gasteiger partial charge in [0.2, 0.25) is 0 Å². The highest BCUT2D eigenvalue weighted by Gasteiger charge is 2.12. The van der Waals surface area contributed by atoms with E-state index in [-0.39, 0.29) is 12.5 Å². The molecule has 0 aliphatic heterocycles. The Bertz CT molecular complexity index is 779. The molecule has 126 valence electrons. The number of hydrogen-bond acceptors (Lipinski definition) is 4. The minimum atomic E-state index is -0.456. The fraction of sp³-hybridized carbons (Fsp3) is 0.176. The zero-order chi connectivity index (χ0) is 17.7. The number of amides is 1. The summed E-state index contributed by atoms with van der Waals surface area (Å²) < 4.78 is 10.6. The molecule has 0 unspecified atom stereocenters. The largest absolute Gasteiger partial charge is 0.482 e.